The van der Waals surface area contributed by atoms with Gasteiger partial charge in [-0.1, -0.05) is 11.3 Å². The van der Waals surface area contributed by atoms with E-state index in [0.29, 0.717) is 13.2 Å². The largest absolute Gasteiger partial charge is 0.459 e. The maximum absolute atomic E-state index is 11.9. The van der Waals surface area contributed by atoms with Crippen LogP contribution in [0.3, 0.4) is 0 Å². The van der Waals surface area contributed by atoms with Gasteiger partial charge in [0, 0.05) is 13.1 Å². The highest BCUT2D eigenvalue weighted by Crippen LogP contribution is 2.28. The number of thiazole rings is 1. The van der Waals surface area contributed by atoms with Crippen molar-refractivity contribution >= 4 is 28.5 Å². The second-order valence-electron chi connectivity index (χ2n) is 5.17. The van der Waals surface area contributed by atoms with Crippen molar-refractivity contribution in [2.24, 2.45) is 0 Å². The lowest BCUT2D eigenvalue weighted by Gasteiger charge is -2.25. The van der Waals surface area contributed by atoms with Crippen molar-refractivity contribution in [3.8, 4) is 6.07 Å². The van der Waals surface area contributed by atoms with Crippen molar-refractivity contribution in [3.63, 3.8) is 0 Å². The van der Waals surface area contributed by atoms with Crippen LogP contribution < -0.4 is 4.90 Å². The molecule has 0 radical (unpaired) electrons. The predicted molar refractivity (Wildman–Crippen MR) is 84.7 cm³/mol. The van der Waals surface area contributed by atoms with Gasteiger partial charge < -0.3 is 14.4 Å². The Morgan fingerprint density at radius 2 is 2.18 bits per heavy atom. The Morgan fingerprint density at radius 3 is 2.77 bits per heavy atom. The molecule has 7 heteroatoms. The third-order valence-electron chi connectivity index (χ3n) is 3.06. The van der Waals surface area contributed by atoms with Gasteiger partial charge in [-0.15, -0.1) is 0 Å². The summed E-state index contributed by atoms with van der Waals surface area (Å²) in [6.07, 6.45) is 1.30. The van der Waals surface area contributed by atoms with E-state index in [-0.39, 0.29) is 11.7 Å². The number of nitriles is 1. The number of aromatic nitrogens is 1. The normalized spacial score (nSPS) is 15.8. The van der Waals surface area contributed by atoms with Crippen LogP contribution in [0.2, 0.25) is 0 Å². The Kier molecular flexibility index (Phi) is 5.52. The molecule has 118 valence electrons. The molecule has 0 bridgehead atoms. The number of carbonyl (C=O) groups is 1. The summed E-state index contributed by atoms with van der Waals surface area (Å²) in [5, 5.41) is 10.0. The summed E-state index contributed by atoms with van der Waals surface area (Å²) in [6.45, 7) is 8.35. The molecule has 2 heterocycles. The van der Waals surface area contributed by atoms with Gasteiger partial charge in [-0.05, 0) is 26.8 Å². The monoisotopic (exact) mass is 321 g/mol. The highest BCUT2D eigenvalue weighted by molar-refractivity contribution is 7.16. The number of esters is 1. The van der Waals surface area contributed by atoms with Crippen LogP contribution in [0.5, 0.6) is 0 Å². The van der Waals surface area contributed by atoms with Gasteiger partial charge in [0.2, 0.25) is 0 Å². The van der Waals surface area contributed by atoms with E-state index in [4.69, 9.17) is 14.7 Å². The maximum Gasteiger partial charge on any atom is 0.349 e. The molecule has 1 aromatic rings. The smallest absolute Gasteiger partial charge is 0.349 e. The zero-order valence-corrected chi connectivity index (χ0v) is 13.8. The lowest BCUT2D eigenvalue weighted by molar-refractivity contribution is -0.142. The number of ether oxygens (including phenoxy) is 2. The van der Waals surface area contributed by atoms with Crippen molar-refractivity contribution in [1.82, 2.24) is 4.98 Å². The highest BCUT2D eigenvalue weighted by atomic mass is 32.1. The summed E-state index contributed by atoms with van der Waals surface area (Å²) in [5.74, 6) is -0.599. The molecule has 0 spiro atoms. The lowest BCUT2D eigenvalue weighted by atomic mass is 10.2. The SMILES string of the molecule is Cc1nc(N2CCOCC2)sc1/C=C(/C#N)C(=O)OC(C)C. The fourth-order valence-corrected chi connectivity index (χ4v) is 3.02. The van der Waals surface area contributed by atoms with Crippen molar-refractivity contribution in [3.05, 3.63) is 16.1 Å². The van der Waals surface area contributed by atoms with Crippen LogP contribution in [0.15, 0.2) is 5.57 Å². The third kappa shape index (κ3) is 4.06. The minimum Gasteiger partial charge on any atom is -0.459 e. The second kappa shape index (κ2) is 7.38. The Hall–Kier alpha value is -1.91. The Labute approximate surface area is 134 Å². The minimum absolute atomic E-state index is 0.00558. The standard InChI is InChI=1S/C15H19N3O3S/c1-10(2)21-14(19)12(9-16)8-13-11(3)17-15(22-13)18-4-6-20-7-5-18/h8,10H,4-7H2,1-3H3/b12-8-. The lowest BCUT2D eigenvalue weighted by Crippen LogP contribution is -2.36. The molecular weight excluding hydrogens is 302 g/mol. The summed E-state index contributed by atoms with van der Waals surface area (Å²) in [6, 6.07) is 1.90. The van der Waals surface area contributed by atoms with E-state index >= 15 is 0 Å². The van der Waals surface area contributed by atoms with Crippen LogP contribution >= 0.6 is 11.3 Å². The molecule has 1 aliphatic rings. The molecule has 1 aromatic heterocycles. The fraction of sp³-hybridized carbons (Fsp3) is 0.533. The minimum atomic E-state index is -0.599. The average Bonchev–Trinajstić information content (AvgIpc) is 2.86. The number of aryl methyl sites for hydroxylation is 1. The van der Waals surface area contributed by atoms with Crippen molar-refractivity contribution in [2.75, 3.05) is 31.2 Å². The molecule has 2 rings (SSSR count). The van der Waals surface area contributed by atoms with Crippen LogP contribution in [-0.2, 0) is 14.3 Å². The first kappa shape index (κ1) is 16.5. The first-order chi connectivity index (χ1) is 10.5. The summed E-state index contributed by atoms with van der Waals surface area (Å²) >= 11 is 1.47. The summed E-state index contributed by atoms with van der Waals surface area (Å²) in [4.78, 5) is 19.3. The van der Waals surface area contributed by atoms with Crippen LogP contribution in [0.25, 0.3) is 6.08 Å². The molecule has 1 fully saturated rings. The number of hydrogen-bond donors (Lipinski definition) is 0. The first-order valence-electron chi connectivity index (χ1n) is 7.14. The number of hydrogen-bond acceptors (Lipinski definition) is 7. The highest BCUT2D eigenvalue weighted by Gasteiger charge is 2.18. The van der Waals surface area contributed by atoms with E-state index in [1.165, 1.54) is 11.3 Å². The summed E-state index contributed by atoms with van der Waals surface area (Å²) < 4.78 is 10.4. The van der Waals surface area contributed by atoms with E-state index in [9.17, 15) is 4.79 Å². The molecule has 0 N–H and O–H groups in total. The van der Waals surface area contributed by atoms with Crippen molar-refractivity contribution in [2.45, 2.75) is 26.9 Å². The zero-order chi connectivity index (χ0) is 16.1. The summed E-state index contributed by atoms with van der Waals surface area (Å²) in [5.41, 5.74) is 0.797. The topological polar surface area (TPSA) is 75.5 Å². The second-order valence-corrected chi connectivity index (χ2v) is 6.18. The van der Waals surface area contributed by atoms with Gasteiger partial charge in [0.15, 0.2) is 5.13 Å². The van der Waals surface area contributed by atoms with Gasteiger partial charge in [-0.3, -0.25) is 0 Å². The van der Waals surface area contributed by atoms with Crippen LogP contribution in [-0.4, -0.2) is 43.4 Å². The van der Waals surface area contributed by atoms with Gasteiger partial charge in [0.05, 0.1) is 29.9 Å². The van der Waals surface area contributed by atoms with E-state index in [1.54, 1.807) is 19.9 Å². The van der Waals surface area contributed by atoms with Crippen LogP contribution in [0.4, 0.5) is 5.13 Å². The quantitative estimate of drug-likeness (QED) is 0.480. The van der Waals surface area contributed by atoms with Crippen LogP contribution in [0.1, 0.15) is 24.4 Å². The maximum atomic E-state index is 11.9. The number of anilines is 1. The van der Waals surface area contributed by atoms with Crippen LogP contribution in [0, 0.1) is 18.3 Å². The molecule has 0 amide bonds. The Bertz CT molecular complexity index is 610. The van der Waals surface area contributed by atoms with Crippen molar-refractivity contribution < 1.29 is 14.3 Å². The first-order valence-corrected chi connectivity index (χ1v) is 7.95. The number of rotatable bonds is 4. The molecule has 0 unspecified atom stereocenters. The Balaban J connectivity index is 2.20. The van der Waals surface area contributed by atoms with Gasteiger partial charge in [0.25, 0.3) is 0 Å². The predicted octanol–water partition coefficient (Wildman–Crippen LogP) is 2.15. The van der Waals surface area contributed by atoms with E-state index < -0.39 is 5.97 Å². The van der Waals surface area contributed by atoms with Gasteiger partial charge >= 0.3 is 5.97 Å². The molecule has 0 aromatic carbocycles. The molecule has 0 atom stereocenters. The Morgan fingerprint density at radius 1 is 1.50 bits per heavy atom. The molecule has 22 heavy (non-hydrogen) atoms. The molecular formula is C15H19N3O3S. The third-order valence-corrected chi connectivity index (χ3v) is 4.23. The molecule has 0 aliphatic carbocycles. The van der Waals surface area contributed by atoms with E-state index in [0.717, 1.165) is 28.8 Å². The van der Waals surface area contributed by atoms with E-state index in [1.807, 2.05) is 13.0 Å². The number of morpholine rings is 1. The average molecular weight is 321 g/mol. The van der Waals surface area contributed by atoms with Gasteiger partial charge in [-0.2, -0.15) is 5.26 Å². The number of nitrogens with zero attached hydrogens (tertiary/aromatic N) is 3. The van der Waals surface area contributed by atoms with E-state index in [2.05, 4.69) is 9.88 Å². The number of carbonyl (C=O) groups excluding carboxylic acids is 1. The fourth-order valence-electron chi connectivity index (χ4n) is 1.96. The molecule has 1 aliphatic heterocycles. The zero-order valence-electron chi connectivity index (χ0n) is 13.0. The summed E-state index contributed by atoms with van der Waals surface area (Å²) in [7, 11) is 0. The van der Waals surface area contributed by atoms with Gasteiger partial charge in [0.1, 0.15) is 11.6 Å². The molecule has 0 saturated carbocycles. The molecule has 6 nitrogen and oxygen atoms in total. The van der Waals surface area contributed by atoms with Crippen molar-refractivity contribution in [1.29, 1.82) is 5.26 Å². The molecule has 1 saturated heterocycles. The van der Waals surface area contributed by atoms with Gasteiger partial charge in [-0.25, -0.2) is 9.78 Å².